The third-order valence-electron chi connectivity index (χ3n) is 5.21. The third kappa shape index (κ3) is 5.07. The maximum Gasteiger partial charge on any atom is 0.227 e. The molecule has 0 aromatic heterocycles. The Kier molecular flexibility index (Phi) is 6.62. The van der Waals surface area contributed by atoms with Gasteiger partial charge in [-0.2, -0.15) is 0 Å². The maximum absolute atomic E-state index is 14.8. The average Bonchev–Trinajstić information content (AvgIpc) is 2.68. The Balaban J connectivity index is 1.79. The molecule has 2 aromatic rings. The Morgan fingerprint density at radius 3 is 2.39 bits per heavy atom. The Hall–Kier alpha value is -2.47. The lowest BCUT2D eigenvalue weighted by Crippen LogP contribution is -2.53. The Morgan fingerprint density at radius 2 is 1.79 bits per heavy atom. The van der Waals surface area contributed by atoms with Crippen LogP contribution in [0, 0.1) is 5.82 Å². The van der Waals surface area contributed by atoms with E-state index in [4.69, 9.17) is 4.74 Å². The van der Waals surface area contributed by atoms with Crippen molar-refractivity contribution < 1.29 is 18.3 Å². The van der Waals surface area contributed by atoms with E-state index in [1.807, 2.05) is 24.1 Å². The van der Waals surface area contributed by atoms with Gasteiger partial charge in [0, 0.05) is 19.6 Å². The number of alkyl halides is 1. The SMILES string of the molecule is COc1ccc(CC(=O)N(Cc2ccc(F)cc2)[C@@H]2CCN(C)C[C@@H]2F)cc1. The van der Waals surface area contributed by atoms with Crippen molar-refractivity contribution in [3.8, 4) is 5.75 Å². The molecule has 2 atom stereocenters. The molecule has 0 spiro atoms. The van der Waals surface area contributed by atoms with Gasteiger partial charge in [0.2, 0.25) is 5.91 Å². The zero-order valence-electron chi connectivity index (χ0n) is 16.3. The van der Waals surface area contributed by atoms with Crippen molar-refractivity contribution in [2.24, 2.45) is 0 Å². The minimum Gasteiger partial charge on any atom is -0.497 e. The number of hydrogen-bond donors (Lipinski definition) is 0. The number of amides is 1. The molecule has 1 aliphatic heterocycles. The summed E-state index contributed by atoms with van der Waals surface area (Å²) in [7, 11) is 3.47. The fourth-order valence-electron chi connectivity index (χ4n) is 3.59. The Bertz CT molecular complexity index is 780. The van der Waals surface area contributed by atoms with E-state index in [-0.39, 0.29) is 24.7 Å². The van der Waals surface area contributed by atoms with Gasteiger partial charge in [-0.25, -0.2) is 8.78 Å². The summed E-state index contributed by atoms with van der Waals surface area (Å²) in [4.78, 5) is 16.7. The van der Waals surface area contributed by atoms with E-state index in [9.17, 15) is 13.6 Å². The molecular formula is C22H26F2N2O2. The first-order valence-corrected chi connectivity index (χ1v) is 9.45. The van der Waals surface area contributed by atoms with Gasteiger partial charge in [-0.05, 0) is 48.9 Å². The average molecular weight is 388 g/mol. The minimum atomic E-state index is -1.11. The molecule has 6 heteroatoms. The monoisotopic (exact) mass is 388 g/mol. The van der Waals surface area contributed by atoms with Crippen LogP contribution in [0.1, 0.15) is 17.5 Å². The van der Waals surface area contributed by atoms with E-state index >= 15 is 0 Å². The first kappa shape index (κ1) is 20.3. The van der Waals surface area contributed by atoms with Crippen molar-refractivity contribution in [3.63, 3.8) is 0 Å². The first-order valence-electron chi connectivity index (χ1n) is 9.45. The lowest BCUT2D eigenvalue weighted by molar-refractivity contribution is -0.136. The summed E-state index contributed by atoms with van der Waals surface area (Å²) in [6, 6.07) is 12.8. The number of methoxy groups -OCH3 is 1. The number of carbonyl (C=O) groups is 1. The second kappa shape index (κ2) is 9.15. The normalized spacial score (nSPS) is 20.0. The number of rotatable bonds is 6. The van der Waals surface area contributed by atoms with Crippen LogP contribution in [0.3, 0.4) is 0 Å². The van der Waals surface area contributed by atoms with Crippen LogP contribution in [-0.2, 0) is 17.8 Å². The number of carbonyl (C=O) groups excluding carboxylic acids is 1. The molecule has 0 saturated carbocycles. The van der Waals surface area contributed by atoms with E-state index in [1.54, 1.807) is 36.3 Å². The van der Waals surface area contributed by atoms with Crippen LogP contribution in [0.25, 0.3) is 0 Å². The number of hydrogen-bond acceptors (Lipinski definition) is 3. The van der Waals surface area contributed by atoms with Gasteiger partial charge in [0.15, 0.2) is 0 Å². The number of benzene rings is 2. The van der Waals surface area contributed by atoms with E-state index in [2.05, 4.69) is 0 Å². The summed E-state index contributed by atoms with van der Waals surface area (Å²) in [5.41, 5.74) is 1.63. The van der Waals surface area contributed by atoms with Crippen LogP contribution in [0.2, 0.25) is 0 Å². The van der Waals surface area contributed by atoms with Gasteiger partial charge in [0.05, 0.1) is 19.6 Å². The molecule has 0 N–H and O–H groups in total. The zero-order valence-corrected chi connectivity index (χ0v) is 16.3. The summed E-state index contributed by atoms with van der Waals surface area (Å²) in [5, 5.41) is 0. The number of nitrogens with zero attached hydrogens (tertiary/aromatic N) is 2. The highest BCUT2D eigenvalue weighted by atomic mass is 19.1. The van der Waals surface area contributed by atoms with Crippen molar-refractivity contribution in [2.45, 2.75) is 31.6 Å². The van der Waals surface area contributed by atoms with Gasteiger partial charge >= 0.3 is 0 Å². The smallest absolute Gasteiger partial charge is 0.227 e. The maximum atomic E-state index is 14.8. The van der Waals surface area contributed by atoms with E-state index in [0.717, 1.165) is 23.4 Å². The topological polar surface area (TPSA) is 32.8 Å². The summed E-state index contributed by atoms with van der Waals surface area (Å²) in [6.45, 7) is 1.31. The van der Waals surface area contributed by atoms with Crippen LogP contribution in [0.15, 0.2) is 48.5 Å². The number of ether oxygens (including phenoxy) is 1. The molecule has 0 aliphatic carbocycles. The molecule has 1 fully saturated rings. The van der Waals surface area contributed by atoms with Crippen LogP contribution in [-0.4, -0.2) is 55.2 Å². The highest BCUT2D eigenvalue weighted by molar-refractivity contribution is 5.79. The van der Waals surface area contributed by atoms with Crippen molar-refractivity contribution in [1.82, 2.24) is 9.80 Å². The van der Waals surface area contributed by atoms with Gasteiger partial charge < -0.3 is 14.5 Å². The number of likely N-dealkylation sites (tertiary alicyclic amines) is 1. The lowest BCUT2D eigenvalue weighted by atomic mass is 9.99. The Morgan fingerprint density at radius 1 is 1.14 bits per heavy atom. The molecule has 0 bridgehead atoms. The second-order valence-electron chi connectivity index (χ2n) is 7.31. The van der Waals surface area contributed by atoms with Gasteiger partial charge in [0.25, 0.3) is 0 Å². The molecule has 150 valence electrons. The lowest BCUT2D eigenvalue weighted by Gasteiger charge is -2.39. The molecular weight excluding hydrogens is 362 g/mol. The molecule has 1 saturated heterocycles. The fraction of sp³-hybridized carbons (Fsp3) is 0.409. The summed E-state index contributed by atoms with van der Waals surface area (Å²) in [6.07, 6.45) is -0.351. The van der Waals surface area contributed by atoms with E-state index in [1.165, 1.54) is 12.1 Å². The van der Waals surface area contributed by atoms with Crippen molar-refractivity contribution >= 4 is 5.91 Å². The van der Waals surface area contributed by atoms with Crippen molar-refractivity contribution in [1.29, 1.82) is 0 Å². The molecule has 0 radical (unpaired) electrons. The Labute approximate surface area is 164 Å². The minimum absolute atomic E-state index is 0.133. The zero-order chi connectivity index (χ0) is 20.1. The molecule has 28 heavy (non-hydrogen) atoms. The van der Waals surface area contributed by atoms with Crippen LogP contribution >= 0.6 is 0 Å². The first-order chi connectivity index (χ1) is 13.5. The van der Waals surface area contributed by atoms with Crippen molar-refractivity contribution in [3.05, 3.63) is 65.5 Å². The second-order valence-corrected chi connectivity index (χ2v) is 7.31. The highest BCUT2D eigenvalue weighted by Gasteiger charge is 2.34. The van der Waals surface area contributed by atoms with Crippen LogP contribution in [0.5, 0.6) is 5.75 Å². The molecule has 1 amide bonds. The van der Waals surface area contributed by atoms with Gasteiger partial charge in [0.1, 0.15) is 17.7 Å². The molecule has 3 rings (SSSR count). The highest BCUT2D eigenvalue weighted by Crippen LogP contribution is 2.23. The molecule has 2 aromatic carbocycles. The summed E-state index contributed by atoms with van der Waals surface area (Å²) in [5.74, 6) is 0.257. The standard InChI is InChI=1S/C22H26F2N2O2/c1-25-12-11-21(20(24)15-25)26(14-17-3-7-18(23)8-4-17)22(27)13-16-5-9-19(28-2)10-6-16/h3-10,20-21H,11-15H2,1-2H3/t20-,21+/m0/s1. The van der Waals surface area contributed by atoms with Gasteiger partial charge in [-0.3, -0.25) is 4.79 Å². The fourth-order valence-corrected chi connectivity index (χ4v) is 3.59. The molecule has 4 nitrogen and oxygen atoms in total. The molecule has 0 unspecified atom stereocenters. The number of piperidine rings is 1. The van der Waals surface area contributed by atoms with E-state index < -0.39 is 12.2 Å². The summed E-state index contributed by atoms with van der Waals surface area (Å²) >= 11 is 0. The summed E-state index contributed by atoms with van der Waals surface area (Å²) < 4.78 is 33.2. The van der Waals surface area contributed by atoms with Gasteiger partial charge in [-0.1, -0.05) is 24.3 Å². The predicted octanol–water partition coefficient (Wildman–Crippen LogP) is 3.45. The predicted molar refractivity (Wildman–Crippen MR) is 104 cm³/mol. The van der Waals surface area contributed by atoms with E-state index in [0.29, 0.717) is 13.0 Å². The van der Waals surface area contributed by atoms with Crippen molar-refractivity contribution in [2.75, 3.05) is 27.2 Å². The largest absolute Gasteiger partial charge is 0.497 e. The molecule has 1 aliphatic rings. The third-order valence-corrected chi connectivity index (χ3v) is 5.21. The van der Waals surface area contributed by atoms with Crippen LogP contribution < -0.4 is 4.74 Å². The molecule has 1 heterocycles. The quantitative estimate of drug-likeness (QED) is 0.760. The van der Waals surface area contributed by atoms with Gasteiger partial charge in [-0.15, -0.1) is 0 Å². The van der Waals surface area contributed by atoms with Crippen LogP contribution in [0.4, 0.5) is 8.78 Å². The number of halogens is 2.